The number of furan rings is 1. The number of aromatic nitrogens is 1. The molecule has 3 nitrogen and oxygen atoms in total. The van der Waals surface area contributed by atoms with Gasteiger partial charge >= 0.3 is 0 Å². The maximum Gasteiger partial charge on any atom is 0.119 e. The lowest BCUT2D eigenvalue weighted by Crippen LogP contribution is -2.22. The third kappa shape index (κ3) is 3.37. The Morgan fingerprint density at radius 1 is 1.33 bits per heavy atom. The minimum Gasteiger partial charge on any atom is -0.465 e. The summed E-state index contributed by atoms with van der Waals surface area (Å²) in [5.41, 5.74) is 6.04. The molecule has 96 valence electrons. The average molecular weight is 327 g/mol. The lowest BCUT2D eigenvalue weighted by Gasteiger charge is -2.17. The molecule has 2 rings (SSSR count). The SMILES string of the molecule is Cc1ccc(C(Sc2ccc(Br)cn2)C(C)N)o1. The smallest absolute Gasteiger partial charge is 0.119 e. The van der Waals surface area contributed by atoms with E-state index in [1.54, 1.807) is 18.0 Å². The number of rotatable bonds is 4. The van der Waals surface area contributed by atoms with Crippen molar-refractivity contribution < 1.29 is 4.42 Å². The zero-order valence-corrected chi connectivity index (χ0v) is 12.7. The number of hydrogen-bond donors (Lipinski definition) is 1. The molecule has 2 N–H and O–H groups in total. The summed E-state index contributed by atoms with van der Waals surface area (Å²) in [4.78, 5) is 4.35. The van der Waals surface area contributed by atoms with E-state index in [4.69, 9.17) is 10.2 Å². The lowest BCUT2D eigenvalue weighted by molar-refractivity contribution is 0.464. The summed E-state index contributed by atoms with van der Waals surface area (Å²) < 4.78 is 6.64. The average Bonchev–Trinajstić information content (AvgIpc) is 2.74. The van der Waals surface area contributed by atoms with E-state index in [0.717, 1.165) is 21.0 Å². The Balaban J connectivity index is 2.19. The van der Waals surface area contributed by atoms with Gasteiger partial charge in [0.15, 0.2) is 0 Å². The van der Waals surface area contributed by atoms with Gasteiger partial charge < -0.3 is 10.2 Å². The number of pyridine rings is 1. The monoisotopic (exact) mass is 326 g/mol. The van der Waals surface area contributed by atoms with Gasteiger partial charge in [-0.15, -0.1) is 0 Å². The number of thioether (sulfide) groups is 1. The van der Waals surface area contributed by atoms with Crippen LogP contribution in [0, 0.1) is 6.92 Å². The fourth-order valence-electron chi connectivity index (χ4n) is 1.59. The van der Waals surface area contributed by atoms with Gasteiger partial charge in [-0.2, -0.15) is 0 Å². The van der Waals surface area contributed by atoms with Gasteiger partial charge in [0, 0.05) is 16.7 Å². The number of nitrogens with two attached hydrogens (primary N) is 1. The van der Waals surface area contributed by atoms with Crippen molar-refractivity contribution in [2.75, 3.05) is 0 Å². The predicted octanol–water partition coefficient (Wildman–Crippen LogP) is 3.93. The van der Waals surface area contributed by atoms with Crippen LogP contribution in [0.25, 0.3) is 0 Å². The highest BCUT2D eigenvalue weighted by molar-refractivity contribution is 9.10. The first kappa shape index (κ1) is 13.6. The van der Waals surface area contributed by atoms with Gasteiger partial charge in [0.2, 0.25) is 0 Å². The molecule has 2 unspecified atom stereocenters. The van der Waals surface area contributed by atoms with Crippen LogP contribution in [0.5, 0.6) is 0 Å². The van der Waals surface area contributed by atoms with Crippen molar-refractivity contribution in [1.29, 1.82) is 0 Å². The first-order valence-electron chi connectivity index (χ1n) is 5.66. The zero-order valence-electron chi connectivity index (χ0n) is 10.3. The molecule has 0 bridgehead atoms. The summed E-state index contributed by atoms with van der Waals surface area (Å²) in [7, 11) is 0. The Labute approximate surface area is 119 Å². The van der Waals surface area contributed by atoms with Crippen molar-refractivity contribution in [2.45, 2.75) is 30.2 Å². The van der Waals surface area contributed by atoms with Crippen LogP contribution >= 0.6 is 27.7 Å². The van der Waals surface area contributed by atoms with Gasteiger partial charge in [0.05, 0.1) is 10.3 Å². The standard InChI is InChI=1S/C13H15BrN2OS/c1-8-3-5-11(17-8)13(9(2)15)18-12-6-4-10(14)7-16-12/h3-7,9,13H,15H2,1-2H3. The minimum absolute atomic E-state index is 0.00834. The van der Waals surface area contributed by atoms with Crippen LogP contribution < -0.4 is 5.73 Å². The van der Waals surface area contributed by atoms with Crippen molar-refractivity contribution in [3.63, 3.8) is 0 Å². The van der Waals surface area contributed by atoms with Crippen molar-refractivity contribution in [3.05, 3.63) is 46.5 Å². The second-order valence-electron chi connectivity index (χ2n) is 4.16. The molecule has 0 spiro atoms. The molecule has 0 amide bonds. The number of nitrogens with zero attached hydrogens (tertiary/aromatic N) is 1. The number of aryl methyl sites for hydroxylation is 1. The molecule has 0 aromatic carbocycles. The van der Waals surface area contributed by atoms with Crippen molar-refractivity contribution >= 4 is 27.7 Å². The molecule has 0 saturated heterocycles. The largest absolute Gasteiger partial charge is 0.465 e. The molecule has 2 atom stereocenters. The third-order valence-corrected chi connectivity index (χ3v) is 4.33. The van der Waals surface area contributed by atoms with Gasteiger partial charge in [-0.25, -0.2) is 4.98 Å². The van der Waals surface area contributed by atoms with E-state index in [-0.39, 0.29) is 11.3 Å². The van der Waals surface area contributed by atoms with Gasteiger partial charge in [-0.3, -0.25) is 0 Å². The topological polar surface area (TPSA) is 52.0 Å². The van der Waals surface area contributed by atoms with Crippen LogP contribution in [0.3, 0.4) is 0 Å². The first-order valence-corrected chi connectivity index (χ1v) is 7.33. The molecule has 0 aliphatic carbocycles. The van der Waals surface area contributed by atoms with E-state index in [2.05, 4.69) is 20.9 Å². The number of hydrogen-bond acceptors (Lipinski definition) is 4. The molecule has 0 saturated carbocycles. The van der Waals surface area contributed by atoms with Gasteiger partial charge in [0.1, 0.15) is 11.5 Å². The molecule has 18 heavy (non-hydrogen) atoms. The minimum atomic E-state index is -0.00834. The molecule has 0 radical (unpaired) electrons. The molecule has 0 aliphatic rings. The second-order valence-corrected chi connectivity index (χ2v) is 6.24. The van der Waals surface area contributed by atoms with Crippen molar-refractivity contribution in [3.8, 4) is 0 Å². The normalized spacial score (nSPS) is 14.4. The summed E-state index contributed by atoms with van der Waals surface area (Å²) in [5.74, 6) is 1.80. The van der Waals surface area contributed by atoms with E-state index < -0.39 is 0 Å². The molecule has 2 heterocycles. The second kappa shape index (κ2) is 5.91. The van der Waals surface area contributed by atoms with Crippen LogP contribution in [0.15, 0.2) is 44.4 Å². The van der Waals surface area contributed by atoms with Gasteiger partial charge in [0.25, 0.3) is 0 Å². The fraction of sp³-hybridized carbons (Fsp3) is 0.308. The Morgan fingerprint density at radius 3 is 2.61 bits per heavy atom. The summed E-state index contributed by atoms with van der Waals surface area (Å²) in [6, 6.07) is 7.88. The molecule has 2 aromatic rings. The van der Waals surface area contributed by atoms with E-state index in [9.17, 15) is 0 Å². The van der Waals surface area contributed by atoms with Gasteiger partial charge in [-0.05, 0) is 54.0 Å². The maximum atomic E-state index is 6.04. The quantitative estimate of drug-likeness (QED) is 0.865. The van der Waals surface area contributed by atoms with E-state index in [1.165, 1.54) is 0 Å². The van der Waals surface area contributed by atoms with E-state index in [0.29, 0.717) is 0 Å². The predicted molar refractivity (Wildman–Crippen MR) is 77.6 cm³/mol. The number of halogens is 1. The van der Waals surface area contributed by atoms with Gasteiger partial charge in [-0.1, -0.05) is 11.8 Å². The fourth-order valence-corrected chi connectivity index (χ4v) is 2.81. The molecule has 0 fully saturated rings. The molecular weight excluding hydrogens is 312 g/mol. The first-order chi connectivity index (χ1) is 8.56. The zero-order chi connectivity index (χ0) is 13.1. The van der Waals surface area contributed by atoms with E-state index in [1.807, 2.05) is 38.1 Å². The Morgan fingerprint density at radius 2 is 2.11 bits per heavy atom. The van der Waals surface area contributed by atoms with Crippen LogP contribution in [0.4, 0.5) is 0 Å². The Kier molecular flexibility index (Phi) is 4.48. The molecule has 0 aliphatic heterocycles. The highest BCUT2D eigenvalue weighted by Gasteiger charge is 2.21. The van der Waals surface area contributed by atoms with Crippen molar-refractivity contribution in [1.82, 2.24) is 4.98 Å². The van der Waals surface area contributed by atoms with Crippen LogP contribution in [0.1, 0.15) is 23.7 Å². The van der Waals surface area contributed by atoms with Crippen LogP contribution in [0.2, 0.25) is 0 Å². The molecule has 2 aromatic heterocycles. The summed E-state index contributed by atoms with van der Waals surface area (Å²) in [6.45, 7) is 3.92. The Bertz CT molecular complexity index is 510. The summed E-state index contributed by atoms with van der Waals surface area (Å²) in [6.07, 6.45) is 1.79. The highest BCUT2D eigenvalue weighted by atomic mass is 79.9. The molecular formula is C13H15BrN2OS. The Hall–Kier alpha value is -0.780. The van der Waals surface area contributed by atoms with Crippen LogP contribution in [-0.2, 0) is 0 Å². The van der Waals surface area contributed by atoms with E-state index >= 15 is 0 Å². The highest BCUT2D eigenvalue weighted by Crippen LogP contribution is 2.37. The lowest BCUT2D eigenvalue weighted by atomic mass is 10.2. The van der Waals surface area contributed by atoms with Crippen LogP contribution in [-0.4, -0.2) is 11.0 Å². The summed E-state index contributed by atoms with van der Waals surface area (Å²) >= 11 is 5.00. The van der Waals surface area contributed by atoms with Crippen molar-refractivity contribution in [2.24, 2.45) is 5.73 Å². The maximum absolute atomic E-state index is 6.04. The third-order valence-electron chi connectivity index (χ3n) is 2.47. The molecule has 5 heteroatoms. The summed E-state index contributed by atoms with van der Waals surface area (Å²) in [5, 5.41) is 1.02.